The Bertz CT molecular complexity index is 1030. The van der Waals surface area contributed by atoms with Gasteiger partial charge < -0.3 is 10.1 Å². The number of carbonyl (C=O) groups is 1. The second kappa shape index (κ2) is 7.80. The van der Waals surface area contributed by atoms with E-state index < -0.39 is 0 Å². The Hall–Kier alpha value is -3.85. The Balaban J connectivity index is 1.52. The average Bonchev–Trinajstić information content (AvgIpc) is 2.74. The smallest absolute Gasteiger partial charge is 0.327 e. The van der Waals surface area contributed by atoms with E-state index in [1.165, 1.54) is 0 Å². The molecule has 1 aromatic heterocycles. The molecule has 0 fully saturated rings. The minimum Gasteiger partial charge on any atom is -0.488 e. The van der Waals surface area contributed by atoms with E-state index in [1.807, 2.05) is 48.5 Å². The molecule has 0 atom stereocenters. The van der Waals surface area contributed by atoms with E-state index in [-0.39, 0.29) is 6.03 Å². The second-order valence-corrected chi connectivity index (χ2v) is 6.45. The predicted molar refractivity (Wildman–Crippen MR) is 107 cm³/mol. The zero-order valence-electron chi connectivity index (χ0n) is 15.1. The van der Waals surface area contributed by atoms with Crippen molar-refractivity contribution in [1.82, 2.24) is 4.98 Å². The lowest BCUT2D eigenvalue weighted by atomic mass is 10.0. The van der Waals surface area contributed by atoms with E-state index in [9.17, 15) is 4.79 Å². The SMILES string of the molecule is N#Cc1ccc(Cc2cnc3c(c2)OCCN3C(=O)Nc2ccccc2)cc1. The Morgan fingerprint density at radius 2 is 1.93 bits per heavy atom. The van der Waals surface area contributed by atoms with E-state index in [2.05, 4.69) is 16.4 Å². The molecule has 0 saturated carbocycles. The monoisotopic (exact) mass is 370 g/mol. The van der Waals surface area contributed by atoms with Gasteiger partial charge in [-0.05, 0) is 47.9 Å². The van der Waals surface area contributed by atoms with Gasteiger partial charge in [0.25, 0.3) is 0 Å². The first-order valence-electron chi connectivity index (χ1n) is 8.97. The molecule has 0 spiro atoms. The topological polar surface area (TPSA) is 78.2 Å². The minimum atomic E-state index is -0.233. The van der Waals surface area contributed by atoms with E-state index >= 15 is 0 Å². The number of nitriles is 1. The molecular formula is C22H18N4O2. The number of benzene rings is 2. The van der Waals surface area contributed by atoms with Crippen molar-refractivity contribution in [1.29, 1.82) is 5.26 Å². The van der Waals surface area contributed by atoms with Crippen LogP contribution < -0.4 is 15.0 Å². The third-order valence-electron chi connectivity index (χ3n) is 4.48. The van der Waals surface area contributed by atoms with Gasteiger partial charge in [-0.1, -0.05) is 30.3 Å². The largest absolute Gasteiger partial charge is 0.488 e. The quantitative estimate of drug-likeness (QED) is 0.756. The molecule has 0 saturated heterocycles. The van der Waals surface area contributed by atoms with Crippen LogP contribution in [0.4, 0.5) is 16.3 Å². The number of para-hydroxylation sites is 1. The molecule has 2 amide bonds. The molecule has 3 aromatic rings. The predicted octanol–water partition coefficient (Wildman–Crippen LogP) is 3.97. The maximum atomic E-state index is 12.7. The van der Waals surface area contributed by atoms with E-state index in [4.69, 9.17) is 10.00 Å². The average molecular weight is 370 g/mol. The van der Waals surface area contributed by atoms with Crippen LogP contribution in [0.5, 0.6) is 5.75 Å². The molecule has 6 nitrogen and oxygen atoms in total. The summed E-state index contributed by atoms with van der Waals surface area (Å²) in [5.74, 6) is 1.11. The number of urea groups is 1. The normalized spacial score (nSPS) is 12.5. The van der Waals surface area contributed by atoms with Gasteiger partial charge in [0.15, 0.2) is 11.6 Å². The van der Waals surface area contributed by atoms with Crippen LogP contribution in [0, 0.1) is 11.3 Å². The number of anilines is 2. The van der Waals surface area contributed by atoms with Gasteiger partial charge in [-0.15, -0.1) is 0 Å². The number of rotatable bonds is 3. The maximum absolute atomic E-state index is 12.7. The number of pyridine rings is 1. The number of hydrogen-bond donors (Lipinski definition) is 1. The summed E-state index contributed by atoms with van der Waals surface area (Å²) in [4.78, 5) is 18.7. The first-order valence-corrected chi connectivity index (χ1v) is 8.97. The number of ether oxygens (including phenoxy) is 1. The van der Waals surface area contributed by atoms with Gasteiger partial charge in [0, 0.05) is 11.9 Å². The van der Waals surface area contributed by atoms with E-state index in [0.717, 1.165) is 16.8 Å². The highest BCUT2D eigenvalue weighted by Gasteiger charge is 2.25. The fourth-order valence-corrected chi connectivity index (χ4v) is 3.08. The summed E-state index contributed by atoms with van der Waals surface area (Å²) >= 11 is 0. The summed E-state index contributed by atoms with van der Waals surface area (Å²) in [6.45, 7) is 0.852. The number of aromatic nitrogens is 1. The van der Waals surface area contributed by atoms with Crippen LogP contribution in [0.25, 0.3) is 0 Å². The summed E-state index contributed by atoms with van der Waals surface area (Å²) < 4.78 is 5.74. The van der Waals surface area contributed by atoms with Crippen LogP contribution in [-0.4, -0.2) is 24.2 Å². The Morgan fingerprint density at radius 1 is 1.14 bits per heavy atom. The first kappa shape index (κ1) is 17.6. The fraction of sp³-hybridized carbons (Fsp3) is 0.136. The number of nitrogens with zero attached hydrogens (tertiary/aromatic N) is 3. The Kier molecular flexibility index (Phi) is 4.89. The van der Waals surface area contributed by atoms with Crippen molar-refractivity contribution in [3.63, 3.8) is 0 Å². The molecule has 0 unspecified atom stereocenters. The number of hydrogen-bond acceptors (Lipinski definition) is 4. The lowest BCUT2D eigenvalue weighted by Gasteiger charge is -2.28. The molecule has 0 bridgehead atoms. The highest BCUT2D eigenvalue weighted by molar-refractivity contribution is 6.02. The molecule has 1 aliphatic heterocycles. The van der Waals surface area contributed by atoms with E-state index in [1.54, 1.807) is 23.2 Å². The van der Waals surface area contributed by atoms with Gasteiger partial charge in [-0.25, -0.2) is 9.78 Å². The van der Waals surface area contributed by atoms with Crippen molar-refractivity contribution < 1.29 is 9.53 Å². The van der Waals surface area contributed by atoms with Crippen molar-refractivity contribution in [2.75, 3.05) is 23.4 Å². The molecule has 28 heavy (non-hydrogen) atoms. The van der Waals surface area contributed by atoms with Gasteiger partial charge in [0.2, 0.25) is 0 Å². The van der Waals surface area contributed by atoms with Gasteiger partial charge >= 0.3 is 6.03 Å². The molecule has 0 radical (unpaired) electrons. The number of nitrogens with one attached hydrogen (secondary N) is 1. The number of carbonyl (C=O) groups excluding carboxylic acids is 1. The van der Waals surface area contributed by atoms with Crippen molar-refractivity contribution >= 4 is 17.5 Å². The Labute approximate surface area is 163 Å². The summed E-state index contributed by atoms with van der Waals surface area (Å²) in [7, 11) is 0. The van der Waals surface area contributed by atoms with Gasteiger partial charge in [-0.3, -0.25) is 4.90 Å². The van der Waals surface area contributed by atoms with Gasteiger partial charge in [-0.2, -0.15) is 5.26 Å². The number of amides is 2. The highest BCUT2D eigenvalue weighted by Crippen LogP contribution is 2.31. The van der Waals surface area contributed by atoms with Crippen molar-refractivity contribution in [3.8, 4) is 11.8 Å². The van der Waals surface area contributed by atoms with Crippen LogP contribution in [0.2, 0.25) is 0 Å². The Morgan fingerprint density at radius 3 is 2.68 bits per heavy atom. The molecule has 2 heterocycles. The number of fused-ring (bicyclic) bond motifs is 1. The highest BCUT2D eigenvalue weighted by atomic mass is 16.5. The third-order valence-corrected chi connectivity index (χ3v) is 4.48. The summed E-state index contributed by atoms with van der Waals surface area (Å²) in [6.07, 6.45) is 2.43. The lowest BCUT2D eigenvalue weighted by molar-refractivity contribution is 0.249. The molecule has 138 valence electrons. The molecular weight excluding hydrogens is 352 g/mol. The summed E-state index contributed by atoms with van der Waals surface area (Å²) in [5.41, 5.74) is 3.43. The fourth-order valence-electron chi connectivity index (χ4n) is 3.08. The zero-order valence-corrected chi connectivity index (χ0v) is 15.1. The van der Waals surface area contributed by atoms with Crippen LogP contribution >= 0.6 is 0 Å². The molecule has 4 rings (SSSR count). The standard InChI is InChI=1S/C22H18N4O2/c23-14-17-8-6-16(7-9-17)12-18-13-20-21(24-15-18)26(10-11-28-20)22(27)25-19-4-2-1-3-5-19/h1-9,13,15H,10-12H2,(H,25,27). The van der Waals surface area contributed by atoms with Gasteiger partial charge in [0.1, 0.15) is 6.61 Å². The van der Waals surface area contributed by atoms with Crippen LogP contribution in [0.3, 0.4) is 0 Å². The van der Waals surface area contributed by atoms with Crippen molar-refractivity contribution in [2.24, 2.45) is 0 Å². The second-order valence-electron chi connectivity index (χ2n) is 6.45. The van der Waals surface area contributed by atoms with E-state index in [0.29, 0.717) is 36.7 Å². The van der Waals surface area contributed by atoms with Crippen LogP contribution in [-0.2, 0) is 6.42 Å². The van der Waals surface area contributed by atoms with Crippen molar-refractivity contribution in [2.45, 2.75) is 6.42 Å². The minimum absolute atomic E-state index is 0.233. The molecule has 6 heteroatoms. The summed E-state index contributed by atoms with van der Waals surface area (Å²) in [5, 5.41) is 11.8. The molecule has 1 aliphatic rings. The maximum Gasteiger partial charge on any atom is 0.327 e. The van der Waals surface area contributed by atoms with Crippen LogP contribution in [0.1, 0.15) is 16.7 Å². The first-order chi connectivity index (χ1) is 13.7. The van der Waals surface area contributed by atoms with Crippen LogP contribution in [0.15, 0.2) is 66.9 Å². The van der Waals surface area contributed by atoms with Crippen molar-refractivity contribution in [3.05, 3.63) is 83.6 Å². The van der Waals surface area contributed by atoms with Gasteiger partial charge in [0.05, 0.1) is 18.2 Å². The zero-order chi connectivity index (χ0) is 19.3. The third kappa shape index (κ3) is 3.79. The molecule has 2 aromatic carbocycles. The lowest BCUT2D eigenvalue weighted by Crippen LogP contribution is -2.41. The molecule has 1 N–H and O–H groups in total. The summed E-state index contributed by atoms with van der Waals surface area (Å²) in [6, 6.07) is 20.6. The molecule has 0 aliphatic carbocycles.